The number of carbonyl (C=O) groups excluding carboxylic acids is 1. The van der Waals surface area contributed by atoms with Gasteiger partial charge in [-0.3, -0.25) is 0 Å². The first-order chi connectivity index (χ1) is 15.1. The number of rotatable bonds is 7. The highest BCUT2D eigenvalue weighted by Crippen LogP contribution is 2.32. The molecule has 1 aromatic heterocycles. The maximum Gasteiger partial charge on any atom is 0.407 e. The lowest BCUT2D eigenvalue weighted by Gasteiger charge is -2.20. The Kier molecular flexibility index (Phi) is 8.51. The number of thioether (sulfide) groups is 1. The number of pyridine rings is 1. The molecule has 1 aromatic carbocycles. The first-order valence-electron chi connectivity index (χ1n) is 10.3. The summed E-state index contributed by atoms with van der Waals surface area (Å²) in [6, 6.07) is 12.2. The van der Waals surface area contributed by atoms with Gasteiger partial charge in [0.1, 0.15) is 29.6 Å². The van der Waals surface area contributed by atoms with E-state index in [1.54, 1.807) is 4.90 Å². The summed E-state index contributed by atoms with van der Waals surface area (Å²) >= 11 is 1.47. The fraction of sp³-hybridized carbons (Fsp3) is 0.417. The van der Waals surface area contributed by atoms with Gasteiger partial charge < -0.3 is 15.0 Å². The maximum absolute atomic E-state index is 11.8. The highest BCUT2D eigenvalue weighted by molar-refractivity contribution is 7.98. The van der Waals surface area contributed by atoms with Gasteiger partial charge in [-0.1, -0.05) is 31.2 Å². The molecule has 0 saturated carbocycles. The number of hydrogen-bond donors (Lipinski definition) is 1. The summed E-state index contributed by atoms with van der Waals surface area (Å²) in [5.41, 5.74) is 3.26. The van der Waals surface area contributed by atoms with Gasteiger partial charge in [-0.25, -0.2) is 9.78 Å². The molecule has 0 aliphatic heterocycles. The predicted octanol–water partition coefficient (Wildman–Crippen LogP) is 4.77. The van der Waals surface area contributed by atoms with E-state index in [-0.39, 0.29) is 12.1 Å². The molecule has 0 aliphatic rings. The average Bonchev–Trinajstić information content (AvgIpc) is 2.74. The first-order valence-corrected chi connectivity index (χ1v) is 11.3. The highest BCUT2D eigenvalue weighted by Gasteiger charge is 2.20. The summed E-state index contributed by atoms with van der Waals surface area (Å²) in [6.07, 6.45) is 0.136. The van der Waals surface area contributed by atoms with E-state index in [2.05, 4.69) is 22.4 Å². The third-order valence-corrected chi connectivity index (χ3v) is 5.54. The lowest BCUT2D eigenvalue weighted by molar-refractivity contribution is 0.131. The number of ether oxygens (including phenoxy) is 1. The lowest BCUT2D eigenvalue weighted by Crippen LogP contribution is -2.40. The largest absolute Gasteiger partial charge is 0.445 e. The van der Waals surface area contributed by atoms with Crippen LogP contribution in [0.4, 0.5) is 10.6 Å². The molecule has 0 radical (unpaired) electrons. The number of anilines is 1. The van der Waals surface area contributed by atoms with Crippen LogP contribution in [0.2, 0.25) is 0 Å². The van der Waals surface area contributed by atoms with E-state index in [0.29, 0.717) is 34.1 Å². The van der Waals surface area contributed by atoms with Crippen molar-refractivity contribution in [2.75, 3.05) is 19.0 Å². The zero-order chi connectivity index (χ0) is 23.9. The molecule has 1 N–H and O–H groups in total. The van der Waals surface area contributed by atoms with Crippen LogP contribution in [0.5, 0.6) is 0 Å². The predicted molar refractivity (Wildman–Crippen MR) is 126 cm³/mol. The van der Waals surface area contributed by atoms with E-state index >= 15 is 0 Å². The molecule has 0 aliphatic carbocycles. The van der Waals surface area contributed by atoms with E-state index in [1.165, 1.54) is 11.8 Å². The molecule has 1 heterocycles. The Hall–Kier alpha value is -3.23. The summed E-state index contributed by atoms with van der Waals surface area (Å²) in [5.74, 6) is 1.20. The van der Waals surface area contributed by atoms with Gasteiger partial charge in [-0.2, -0.15) is 10.5 Å². The van der Waals surface area contributed by atoms with Gasteiger partial charge in [-0.15, -0.1) is 11.8 Å². The molecule has 7 nitrogen and oxygen atoms in total. The van der Waals surface area contributed by atoms with Gasteiger partial charge in [0.25, 0.3) is 0 Å². The van der Waals surface area contributed by atoms with Crippen LogP contribution in [0.3, 0.4) is 0 Å². The minimum absolute atomic E-state index is 0.192. The van der Waals surface area contributed by atoms with Gasteiger partial charge in [0, 0.05) is 25.4 Å². The number of nitrogens with one attached hydrogen (secondary N) is 1. The van der Waals surface area contributed by atoms with E-state index < -0.39 is 6.09 Å². The third kappa shape index (κ3) is 6.63. The van der Waals surface area contributed by atoms with Crippen molar-refractivity contribution in [3.05, 3.63) is 52.1 Å². The maximum atomic E-state index is 11.8. The Labute approximate surface area is 194 Å². The van der Waals surface area contributed by atoms with E-state index in [9.17, 15) is 15.3 Å². The van der Waals surface area contributed by atoms with Crippen molar-refractivity contribution in [3.63, 3.8) is 0 Å². The Morgan fingerprint density at radius 2 is 1.72 bits per heavy atom. The molecular formula is C24H29N5O2S. The molecule has 168 valence electrons. The van der Waals surface area contributed by atoms with E-state index in [0.717, 1.165) is 16.7 Å². The molecule has 0 saturated heterocycles. The molecule has 1 amide bonds. The number of nitrogens with zero attached hydrogens (tertiary/aromatic N) is 4. The van der Waals surface area contributed by atoms with Crippen LogP contribution >= 0.6 is 11.8 Å². The minimum Gasteiger partial charge on any atom is -0.445 e. The van der Waals surface area contributed by atoms with Crippen molar-refractivity contribution < 1.29 is 9.53 Å². The number of aromatic nitrogens is 1. The summed E-state index contributed by atoms with van der Waals surface area (Å²) in [5, 5.41) is 22.7. The zero-order valence-electron chi connectivity index (χ0n) is 19.4. The van der Waals surface area contributed by atoms with Crippen LogP contribution in [0, 0.1) is 22.7 Å². The molecule has 0 bridgehead atoms. The molecule has 0 unspecified atom stereocenters. The van der Waals surface area contributed by atoms with Gasteiger partial charge >= 0.3 is 6.09 Å². The molecule has 2 rings (SSSR count). The number of hydrogen-bond acceptors (Lipinski definition) is 7. The fourth-order valence-electron chi connectivity index (χ4n) is 2.99. The second-order valence-electron chi connectivity index (χ2n) is 8.50. The van der Waals surface area contributed by atoms with Crippen LogP contribution in [-0.2, 0) is 23.5 Å². The molecule has 0 fully saturated rings. The SMILES string of the molecule is CCc1c(C#N)c(SCc2ccc(COC(=O)NC(C)(C)C)cc2)nc(N(C)C)c1C#N. The van der Waals surface area contributed by atoms with E-state index in [4.69, 9.17) is 4.74 Å². The second kappa shape index (κ2) is 10.9. The summed E-state index contributed by atoms with van der Waals surface area (Å²) in [4.78, 5) is 18.2. The monoisotopic (exact) mass is 451 g/mol. The molecule has 0 atom stereocenters. The van der Waals surface area contributed by atoms with Gasteiger partial charge in [-0.05, 0) is 43.9 Å². The van der Waals surface area contributed by atoms with Crippen LogP contribution in [0.15, 0.2) is 29.3 Å². The first kappa shape index (κ1) is 25.0. The Morgan fingerprint density at radius 3 is 2.22 bits per heavy atom. The quantitative estimate of drug-likeness (QED) is 0.605. The normalized spacial score (nSPS) is 10.8. The standard InChI is InChI=1S/C24H29N5O2S/c1-7-18-19(12-25)21(29(5)6)27-22(20(18)13-26)32-15-17-10-8-16(9-11-17)14-31-23(30)28-24(2,3)4/h8-11H,7,14-15H2,1-6H3,(H,28,30). The molecular weight excluding hydrogens is 422 g/mol. The van der Waals surface area contributed by atoms with Crippen molar-refractivity contribution in [1.82, 2.24) is 10.3 Å². The summed E-state index contributed by atoms with van der Waals surface area (Å²) in [7, 11) is 3.68. The average molecular weight is 452 g/mol. The van der Waals surface area contributed by atoms with Crippen molar-refractivity contribution in [2.24, 2.45) is 0 Å². The second-order valence-corrected chi connectivity index (χ2v) is 9.46. The van der Waals surface area contributed by atoms with Crippen LogP contribution in [0.1, 0.15) is 55.5 Å². The lowest BCUT2D eigenvalue weighted by atomic mass is 10.0. The number of nitriles is 2. The molecule has 0 spiro atoms. The minimum atomic E-state index is -0.448. The Bertz CT molecular complexity index is 1040. The Morgan fingerprint density at radius 1 is 1.12 bits per heavy atom. The molecule has 32 heavy (non-hydrogen) atoms. The van der Waals surface area contributed by atoms with Crippen LogP contribution in [0.25, 0.3) is 0 Å². The van der Waals surface area contributed by atoms with Crippen molar-refractivity contribution in [2.45, 2.75) is 57.0 Å². The van der Waals surface area contributed by atoms with Gasteiger partial charge in [0.15, 0.2) is 0 Å². The van der Waals surface area contributed by atoms with Crippen LogP contribution < -0.4 is 10.2 Å². The van der Waals surface area contributed by atoms with Crippen molar-refractivity contribution >= 4 is 23.7 Å². The fourth-order valence-corrected chi connectivity index (χ4v) is 3.95. The number of carbonyl (C=O) groups is 1. The number of alkyl carbamates (subject to hydrolysis) is 1. The third-order valence-electron chi connectivity index (χ3n) is 4.49. The number of benzene rings is 1. The van der Waals surface area contributed by atoms with Gasteiger partial charge in [0.05, 0.1) is 11.1 Å². The summed E-state index contributed by atoms with van der Waals surface area (Å²) < 4.78 is 5.25. The topological polar surface area (TPSA) is 102 Å². The Balaban J connectivity index is 2.12. The van der Waals surface area contributed by atoms with Crippen molar-refractivity contribution in [3.8, 4) is 12.1 Å². The molecule has 8 heteroatoms. The highest BCUT2D eigenvalue weighted by atomic mass is 32.2. The van der Waals surface area contributed by atoms with Crippen molar-refractivity contribution in [1.29, 1.82) is 10.5 Å². The smallest absolute Gasteiger partial charge is 0.407 e. The van der Waals surface area contributed by atoms with Crippen LogP contribution in [-0.4, -0.2) is 30.7 Å². The van der Waals surface area contributed by atoms with Gasteiger partial charge in [0.2, 0.25) is 0 Å². The van der Waals surface area contributed by atoms with E-state index in [1.807, 2.05) is 66.1 Å². The number of amides is 1. The molecule has 2 aromatic rings. The zero-order valence-corrected chi connectivity index (χ0v) is 20.3. The summed E-state index contributed by atoms with van der Waals surface area (Å²) in [6.45, 7) is 7.81.